The molecule has 0 radical (unpaired) electrons. The van der Waals surface area contributed by atoms with Gasteiger partial charge in [-0.15, -0.1) is 0 Å². The average molecular weight is 353 g/mol. The monoisotopic (exact) mass is 353 g/mol. The zero-order valence-corrected chi connectivity index (χ0v) is 15.1. The number of benzene rings is 2. The van der Waals surface area contributed by atoms with Crippen molar-refractivity contribution in [3.8, 4) is 5.75 Å². The molecular formula is C20H23N3O3. The van der Waals surface area contributed by atoms with E-state index in [2.05, 4.69) is 5.32 Å². The van der Waals surface area contributed by atoms with Gasteiger partial charge in [0.1, 0.15) is 5.75 Å². The van der Waals surface area contributed by atoms with Crippen LogP contribution in [0, 0.1) is 6.92 Å². The van der Waals surface area contributed by atoms with E-state index in [0.29, 0.717) is 31.7 Å². The number of ether oxygens (including phenoxy) is 1. The number of nitrogens with one attached hydrogen (secondary N) is 1. The molecule has 1 N–H and O–H groups in total. The second-order valence-electron chi connectivity index (χ2n) is 6.26. The molecule has 1 saturated heterocycles. The number of anilines is 1. The molecule has 0 bridgehead atoms. The summed E-state index contributed by atoms with van der Waals surface area (Å²) in [4.78, 5) is 28.4. The van der Waals surface area contributed by atoms with Crippen molar-refractivity contribution in [1.29, 1.82) is 0 Å². The van der Waals surface area contributed by atoms with E-state index < -0.39 is 0 Å². The van der Waals surface area contributed by atoms with Gasteiger partial charge in [0.25, 0.3) is 5.91 Å². The third-order valence-corrected chi connectivity index (χ3v) is 4.52. The Balaban J connectivity index is 1.55. The summed E-state index contributed by atoms with van der Waals surface area (Å²) >= 11 is 0. The summed E-state index contributed by atoms with van der Waals surface area (Å²) < 4.78 is 5.23. The molecule has 3 rings (SSSR count). The van der Waals surface area contributed by atoms with Gasteiger partial charge in [0.15, 0.2) is 0 Å². The number of hydrogen-bond donors (Lipinski definition) is 1. The minimum atomic E-state index is -0.152. The minimum absolute atomic E-state index is 0.0106. The van der Waals surface area contributed by atoms with Crippen molar-refractivity contribution in [2.75, 3.05) is 38.6 Å². The Kier molecular flexibility index (Phi) is 5.41. The molecule has 0 atom stereocenters. The first-order valence-corrected chi connectivity index (χ1v) is 8.63. The maximum atomic E-state index is 12.5. The van der Waals surface area contributed by atoms with Crippen LogP contribution in [0.4, 0.5) is 10.5 Å². The Morgan fingerprint density at radius 2 is 1.62 bits per heavy atom. The lowest BCUT2D eigenvalue weighted by atomic mass is 10.2. The highest BCUT2D eigenvalue weighted by molar-refractivity contribution is 5.94. The smallest absolute Gasteiger partial charge is 0.321 e. The van der Waals surface area contributed by atoms with Crippen LogP contribution < -0.4 is 10.1 Å². The lowest BCUT2D eigenvalue weighted by Gasteiger charge is -2.34. The molecule has 2 aromatic carbocycles. The van der Waals surface area contributed by atoms with Gasteiger partial charge in [-0.3, -0.25) is 4.79 Å². The number of piperazine rings is 1. The molecule has 26 heavy (non-hydrogen) atoms. The standard InChI is InChI=1S/C20H23N3O3/c1-15-14-17(8-9-18(15)26-2)21-20(25)23-12-10-22(11-13-23)19(24)16-6-4-3-5-7-16/h3-9,14H,10-13H2,1-2H3,(H,21,25). The van der Waals surface area contributed by atoms with Gasteiger partial charge < -0.3 is 19.9 Å². The van der Waals surface area contributed by atoms with Crippen LogP contribution in [0.1, 0.15) is 15.9 Å². The third kappa shape index (κ3) is 3.96. The number of amides is 3. The summed E-state index contributed by atoms with van der Waals surface area (Å²) in [5, 5.41) is 2.91. The summed E-state index contributed by atoms with van der Waals surface area (Å²) in [5.41, 5.74) is 2.37. The SMILES string of the molecule is COc1ccc(NC(=O)N2CCN(C(=O)c3ccccc3)CC2)cc1C. The number of aryl methyl sites for hydroxylation is 1. The van der Waals surface area contributed by atoms with Crippen LogP contribution >= 0.6 is 0 Å². The molecule has 1 fully saturated rings. The van der Waals surface area contributed by atoms with Crippen LogP contribution in [0.2, 0.25) is 0 Å². The number of carbonyl (C=O) groups excluding carboxylic acids is 2. The molecule has 6 nitrogen and oxygen atoms in total. The number of nitrogens with zero attached hydrogens (tertiary/aromatic N) is 2. The lowest BCUT2D eigenvalue weighted by Crippen LogP contribution is -2.51. The van der Waals surface area contributed by atoms with E-state index in [1.165, 1.54) is 0 Å². The van der Waals surface area contributed by atoms with Crippen molar-refractivity contribution in [3.63, 3.8) is 0 Å². The van der Waals surface area contributed by atoms with Crippen molar-refractivity contribution in [1.82, 2.24) is 9.80 Å². The summed E-state index contributed by atoms with van der Waals surface area (Å²) in [6.07, 6.45) is 0. The van der Waals surface area contributed by atoms with Crippen LogP contribution in [0.25, 0.3) is 0 Å². The fraction of sp³-hybridized carbons (Fsp3) is 0.300. The number of rotatable bonds is 3. The van der Waals surface area contributed by atoms with E-state index in [0.717, 1.165) is 17.0 Å². The van der Waals surface area contributed by atoms with Gasteiger partial charge in [-0.2, -0.15) is 0 Å². The topological polar surface area (TPSA) is 61.9 Å². The van der Waals surface area contributed by atoms with Crippen molar-refractivity contribution >= 4 is 17.6 Å². The van der Waals surface area contributed by atoms with Crippen molar-refractivity contribution in [2.45, 2.75) is 6.92 Å². The second-order valence-corrected chi connectivity index (χ2v) is 6.26. The molecule has 1 aliphatic heterocycles. The van der Waals surface area contributed by atoms with E-state index >= 15 is 0 Å². The Hall–Kier alpha value is -3.02. The van der Waals surface area contributed by atoms with Gasteiger partial charge in [0.05, 0.1) is 7.11 Å². The first-order chi connectivity index (χ1) is 12.6. The summed E-state index contributed by atoms with van der Waals surface area (Å²) in [6.45, 7) is 4.02. The van der Waals surface area contributed by atoms with E-state index in [9.17, 15) is 9.59 Å². The molecule has 1 heterocycles. The molecule has 0 aromatic heterocycles. The van der Waals surface area contributed by atoms with Crippen molar-refractivity contribution < 1.29 is 14.3 Å². The summed E-state index contributed by atoms with van der Waals surface area (Å²) in [7, 11) is 1.62. The molecule has 2 aromatic rings. The third-order valence-electron chi connectivity index (χ3n) is 4.52. The molecule has 0 saturated carbocycles. The van der Waals surface area contributed by atoms with E-state index in [-0.39, 0.29) is 11.9 Å². The van der Waals surface area contributed by atoms with Crippen LogP contribution in [0.5, 0.6) is 5.75 Å². The highest BCUT2D eigenvalue weighted by Crippen LogP contribution is 2.21. The number of methoxy groups -OCH3 is 1. The molecule has 136 valence electrons. The molecule has 0 spiro atoms. The second kappa shape index (κ2) is 7.91. The number of urea groups is 1. The zero-order valence-electron chi connectivity index (χ0n) is 15.1. The van der Waals surface area contributed by atoms with Crippen LogP contribution in [0.15, 0.2) is 48.5 Å². The Labute approximate surface area is 153 Å². The largest absolute Gasteiger partial charge is 0.496 e. The van der Waals surface area contributed by atoms with Crippen molar-refractivity contribution in [2.24, 2.45) is 0 Å². The minimum Gasteiger partial charge on any atom is -0.496 e. The molecule has 0 unspecified atom stereocenters. The summed E-state index contributed by atoms with van der Waals surface area (Å²) in [6, 6.07) is 14.6. The van der Waals surface area contributed by atoms with Crippen LogP contribution in [-0.2, 0) is 0 Å². The fourth-order valence-corrected chi connectivity index (χ4v) is 3.03. The first-order valence-electron chi connectivity index (χ1n) is 8.63. The molecule has 0 aliphatic carbocycles. The Morgan fingerprint density at radius 1 is 0.962 bits per heavy atom. The van der Waals surface area contributed by atoms with Gasteiger partial charge in [-0.1, -0.05) is 18.2 Å². The number of hydrogen-bond acceptors (Lipinski definition) is 3. The predicted molar refractivity (Wildman–Crippen MR) is 101 cm³/mol. The van der Waals surface area contributed by atoms with E-state index in [4.69, 9.17) is 4.74 Å². The highest BCUT2D eigenvalue weighted by Gasteiger charge is 2.24. The van der Waals surface area contributed by atoms with Crippen molar-refractivity contribution in [3.05, 3.63) is 59.7 Å². The average Bonchev–Trinajstić information content (AvgIpc) is 2.68. The molecule has 1 aliphatic rings. The maximum absolute atomic E-state index is 12.5. The lowest BCUT2D eigenvalue weighted by molar-refractivity contribution is 0.0671. The van der Waals surface area contributed by atoms with Crippen LogP contribution in [0.3, 0.4) is 0 Å². The Morgan fingerprint density at radius 3 is 2.23 bits per heavy atom. The highest BCUT2D eigenvalue weighted by atomic mass is 16.5. The fourth-order valence-electron chi connectivity index (χ4n) is 3.03. The van der Waals surface area contributed by atoms with Gasteiger partial charge in [-0.25, -0.2) is 4.79 Å². The number of carbonyl (C=O) groups is 2. The van der Waals surface area contributed by atoms with Gasteiger partial charge in [0.2, 0.25) is 0 Å². The molecule has 6 heteroatoms. The van der Waals surface area contributed by atoms with E-state index in [1.807, 2.05) is 55.5 Å². The van der Waals surface area contributed by atoms with E-state index in [1.54, 1.807) is 16.9 Å². The molecular weight excluding hydrogens is 330 g/mol. The molecule has 3 amide bonds. The Bertz CT molecular complexity index is 784. The zero-order chi connectivity index (χ0) is 18.5. The van der Waals surface area contributed by atoms with Gasteiger partial charge in [-0.05, 0) is 42.8 Å². The predicted octanol–water partition coefficient (Wildman–Crippen LogP) is 2.99. The van der Waals surface area contributed by atoms with Gasteiger partial charge in [0, 0.05) is 37.4 Å². The first kappa shape index (κ1) is 17.8. The maximum Gasteiger partial charge on any atom is 0.321 e. The van der Waals surface area contributed by atoms with Gasteiger partial charge >= 0.3 is 6.03 Å². The summed E-state index contributed by atoms with van der Waals surface area (Å²) in [5.74, 6) is 0.799. The quantitative estimate of drug-likeness (QED) is 0.923. The van der Waals surface area contributed by atoms with Crippen LogP contribution in [-0.4, -0.2) is 55.0 Å². The normalized spacial score (nSPS) is 14.1.